The van der Waals surface area contributed by atoms with Crippen LogP contribution in [0, 0.1) is 0 Å². The third-order valence-corrected chi connectivity index (χ3v) is 6.00. The summed E-state index contributed by atoms with van der Waals surface area (Å²) in [6.07, 6.45) is 7.81. The van der Waals surface area contributed by atoms with Crippen LogP contribution in [0.4, 0.5) is 0 Å². The number of ether oxygens (including phenoxy) is 2. The van der Waals surface area contributed by atoms with Crippen molar-refractivity contribution in [3.05, 3.63) is 76.3 Å². The number of halogens is 1. The van der Waals surface area contributed by atoms with Gasteiger partial charge in [0.05, 0.1) is 4.91 Å². The summed E-state index contributed by atoms with van der Waals surface area (Å²) in [4.78, 5) is 25.7. The lowest BCUT2D eigenvalue weighted by Gasteiger charge is -2.28. The molecule has 0 N–H and O–H groups in total. The predicted molar refractivity (Wildman–Crippen MR) is 137 cm³/mol. The SMILES string of the molecule is C=C(C(=O)OC(C)(C)C)N(CC(=O)OC(C)(C)C)S(=O)C1=CCC=C(c2ccc(Cl)cc2)C=C1. The third-order valence-electron chi connectivity index (χ3n) is 4.29. The Labute approximate surface area is 209 Å². The van der Waals surface area contributed by atoms with E-state index in [4.69, 9.17) is 21.1 Å². The monoisotopic (exact) mass is 505 g/mol. The van der Waals surface area contributed by atoms with E-state index < -0.39 is 40.7 Å². The van der Waals surface area contributed by atoms with Gasteiger partial charge in [-0.1, -0.05) is 48.5 Å². The smallest absolute Gasteiger partial charge is 0.355 e. The van der Waals surface area contributed by atoms with Crippen molar-refractivity contribution in [1.82, 2.24) is 4.31 Å². The van der Waals surface area contributed by atoms with Gasteiger partial charge in [0.25, 0.3) is 0 Å². The zero-order valence-corrected chi connectivity index (χ0v) is 22.1. The maximum Gasteiger partial charge on any atom is 0.355 e. The highest BCUT2D eigenvalue weighted by Crippen LogP contribution is 2.26. The van der Waals surface area contributed by atoms with Gasteiger partial charge < -0.3 is 9.47 Å². The lowest BCUT2D eigenvalue weighted by molar-refractivity contribution is -0.155. The number of hydrogen-bond donors (Lipinski definition) is 0. The predicted octanol–water partition coefficient (Wildman–Crippen LogP) is 5.73. The molecule has 1 aliphatic rings. The number of nitrogens with zero attached hydrogens (tertiary/aromatic N) is 1. The van der Waals surface area contributed by atoms with Gasteiger partial charge in [-0.05, 0) is 77.3 Å². The van der Waals surface area contributed by atoms with Gasteiger partial charge in [-0.15, -0.1) is 0 Å². The Balaban J connectivity index is 2.29. The first-order valence-corrected chi connectivity index (χ1v) is 12.3. The second kappa shape index (κ2) is 11.2. The summed E-state index contributed by atoms with van der Waals surface area (Å²) < 4.78 is 25.4. The molecule has 0 amide bonds. The Bertz CT molecular complexity index is 1060. The molecular weight excluding hydrogens is 474 g/mol. The Hall–Kier alpha value is -2.64. The van der Waals surface area contributed by atoms with E-state index in [2.05, 4.69) is 6.58 Å². The van der Waals surface area contributed by atoms with Crippen LogP contribution in [-0.2, 0) is 30.0 Å². The minimum Gasteiger partial charge on any atom is -0.459 e. The Morgan fingerprint density at radius 1 is 1.00 bits per heavy atom. The van der Waals surface area contributed by atoms with E-state index in [1.54, 1.807) is 65.8 Å². The molecule has 0 bridgehead atoms. The number of esters is 2. The molecule has 1 aliphatic carbocycles. The third kappa shape index (κ3) is 8.61. The van der Waals surface area contributed by atoms with Crippen molar-refractivity contribution in [2.45, 2.75) is 59.2 Å². The van der Waals surface area contributed by atoms with Crippen LogP contribution in [-0.4, -0.2) is 38.2 Å². The fourth-order valence-corrected chi connectivity index (χ4v) is 4.21. The topological polar surface area (TPSA) is 72.9 Å². The van der Waals surface area contributed by atoms with Gasteiger partial charge in [0.1, 0.15) is 23.4 Å². The average Bonchev–Trinajstić information content (AvgIpc) is 2.95. The Morgan fingerprint density at radius 3 is 2.15 bits per heavy atom. The molecule has 0 saturated heterocycles. The van der Waals surface area contributed by atoms with Gasteiger partial charge in [-0.2, -0.15) is 0 Å². The van der Waals surface area contributed by atoms with Crippen LogP contribution in [0.3, 0.4) is 0 Å². The number of allylic oxidation sites excluding steroid dienone is 5. The van der Waals surface area contributed by atoms with E-state index >= 15 is 0 Å². The quantitative estimate of drug-likeness (QED) is 0.349. The highest BCUT2D eigenvalue weighted by molar-refractivity contribution is 7.87. The highest BCUT2D eigenvalue weighted by atomic mass is 35.5. The summed E-state index contributed by atoms with van der Waals surface area (Å²) in [5.41, 5.74) is 0.187. The van der Waals surface area contributed by atoms with Crippen molar-refractivity contribution in [3.8, 4) is 0 Å². The van der Waals surface area contributed by atoms with E-state index in [1.165, 1.54) is 0 Å². The molecule has 34 heavy (non-hydrogen) atoms. The summed E-state index contributed by atoms with van der Waals surface area (Å²) >= 11 is 5.98. The van der Waals surface area contributed by atoms with Crippen LogP contribution in [0.15, 0.2) is 65.8 Å². The number of carbonyl (C=O) groups is 2. The van der Waals surface area contributed by atoms with Gasteiger partial charge >= 0.3 is 11.9 Å². The lowest BCUT2D eigenvalue weighted by atomic mass is 10.1. The number of hydrogen-bond acceptors (Lipinski definition) is 5. The molecule has 1 aromatic carbocycles. The van der Waals surface area contributed by atoms with Crippen molar-refractivity contribution >= 4 is 40.1 Å². The van der Waals surface area contributed by atoms with Crippen LogP contribution in [0.25, 0.3) is 5.57 Å². The molecule has 1 aromatic rings. The van der Waals surface area contributed by atoms with Crippen LogP contribution in [0.2, 0.25) is 5.02 Å². The van der Waals surface area contributed by atoms with Crippen molar-refractivity contribution in [2.24, 2.45) is 0 Å². The normalized spacial score (nSPS) is 14.9. The zero-order valence-electron chi connectivity index (χ0n) is 20.5. The Kier molecular flexibility index (Phi) is 9.08. The molecule has 0 heterocycles. The van der Waals surface area contributed by atoms with E-state index in [1.807, 2.05) is 24.3 Å². The molecule has 8 heteroatoms. The van der Waals surface area contributed by atoms with Crippen molar-refractivity contribution in [2.75, 3.05) is 6.54 Å². The van der Waals surface area contributed by atoms with Gasteiger partial charge in [-0.25, -0.2) is 9.00 Å². The second-order valence-corrected chi connectivity index (χ2v) is 11.5. The van der Waals surface area contributed by atoms with E-state index in [0.29, 0.717) is 16.3 Å². The van der Waals surface area contributed by atoms with Gasteiger partial charge in [-0.3, -0.25) is 9.10 Å². The molecule has 184 valence electrons. The molecule has 0 aliphatic heterocycles. The average molecular weight is 506 g/mol. The lowest BCUT2D eigenvalue weighted by Crippen LogP contribution is -2.39. The maximum absolute atomic E-state index is 13.6. The number of rotatable bonds is 7. The van der Waals surface area contributed by atoms with Crippen LogP contribution >= 0.6 is 11.6 Å². The maximum atomic E-state index is 13.6. The molecule has 0 saturated carbocycles. The van der Waals surface area contributed by atoms with E-state index in [-0.39, 0.29) is 5.70 Å². The molecule has 1 atom stereocenters. The highest BCUT2D eigenvalue weighted by Gasteiger charge is 2.30. The first-order chi connectivity index (χ1) is 15.7. The van der Waals surface area contributed by atoms with Crippen molar-refractivity contribution < 1.29 is 23.3 Å². The van der Waals surface area contributed by atoms with Crippen LogP contribution < -0.4 is 0 Å². The summed E-state index contributed by atoms with van der Waals surface area (Å²) in [6.45, 7) is 13.7. The second-order valence-electron chi connectivity index (χ2n) is 9.66. The minimum absolute atomic E-state index is 0.191. The first kappa shape index (κ1) is 27.6. The summed E-state index contributed by atoms with van der Waals surface area (Å²) in [7, 11) is -1.91. The first-order valence-electron chi connectivity index (χ1n) is 10.8. The fourth-order valence-electron chi connectivity index (χ4n) is 2.91. The minimum atomic E-state index is -1.91. The fraction of sp³-hybridized carbons (Fsp3) is 0.385. The summed E-state index contributed by atoms with van der Waals surface area (Å²) in [5, 5.41) is 0.639. The molecular formula is C26H32ClNO5S. The van der Waals surface area contributed by atoms with E-state index in [0.717, 1.165) is 15.4 Å². The van der Waals surface area contributed by atoms with Crippen LogP contribution in [0.1, 0.15) is 53.5 Å². The molecule has 0 spiro atoms. The van der Waals surface area contributed by atoms with Gasteiger partial charge in [0.15, 0.2) is 11.0 Å². The van der Waals surface area contributed by atoms with E-state index in [9.17, 15) is 13.8 Å². The Morgan fingerprint density at radius 2 is 1.59 bits per heavy atom. The molecule has 0 aromatic heterocycles. The standard InChI is InChI=1S/C26H32ClNO5S/c1-18(24(30)33-26(5,6)7)28(17-23(29)32-25(2,3)4)34(31)22-10-8-9-19(13-16-22)20-11-14-21(27)15-12-20/h9-16H,1,8,17H2,2-7H3. The molecule has 6 nitrogen and oxygen atoms in total. The largest absolute Gasteiger partial charge is 0.459 e. The van der Waals surface area contributed by atoms with Crippen LogP contribution in [0.5, 0.6) is 0 Å². The molecule has 0 radical (unpaired) electrons. The van der Waals surface area contributed by atoms with Gasteiger partial charge in [0, 0.05) is 5.02 Å². The number of carbonyl (C=O) groups excluding carboxylic acids is 2. The van der Waals surface area contributed by atoms with Gasteiger partial charge in [0.2, 0.25) is 0 Å². The van der Waals surface area contributed by atoms with Crippen molar-refractivity contribution in [1.29, 1.82) is 0 Å². The molecule has 1 unspecified atom stereocenters. The molecule has 2 rings (SSSR count). The van der Waals surface area contributed by atoms with Crippen molar-refractivity contribution in [3.63, 3.8) is 0 Å². The number of benzene rings is 1. The zero-order chi connectivity index (χ0) is 25.7. The molecule has 0 fully saturated rings. The summed E-state index contributed by atoms with van der Waals surface area (Å²) in [6, 6.07) is 7.41. The summed E-state index contributed by atoms with van der Waals surface area (Å²) in [5.74, 6) is -1.40.